The van der Waals surface area contributed by atoms with Gasteiger partial charge in [-0.3, -0.25) is 4.79 Å². The van der Waals surface area contributed by atoms with Crippen molar-refractivity contribution in [3.05, 3.63) is 23.8 Å². The van der Waals surface area contributed by atoms with E-state index in [1.54, 1.807) is 0 Å². The molecular formula is C16H21NO3. The highest BCUT2D eigenvalue weighted by Gasteiger charge is 2.36. The second-order valence-electron chi connectivity index (χ2n) is 5.95. The van der Waals surface area contributed by atoms with Crippen molar-refractivity contribution in [2.75, 3.05) is 6.54 Å². The Bertz CT molecular complexity index is 508. The van der Waals surface area contributed by atoms with Crippen LogP contribution in [0.5, 0.6) is 11.5 Å². The molecule has 1 aromatic carbocycles. The number of nitrogens with zero attached hydrogens (tertiary/aromatic N) is 1. The molecule has 2 fully saturated rings. The zero-order chi connectivity index (χ0) is 14.1. The molecule has 1 aliphatic heterocycles. The molecule has 1 aliphatic carbocycles. The Balaban J connectivity index is 1.83. The van der Waals surface area contributed by atoms with E-state index in [2.05, 4.69) is 0 Å². The fourth-order valence-electron chi connectivity index (χ4n) is 3.73. The first-order chi connectivity index (χ1) is 9.66. The number of hydrogen-bond donors (Lipinski definition) is 2. The molecule has 2 N–H and O–H groups in total. The lowest BCUT2D eigenvalue weighted by atomic mass is 9.95. The molecule has 4 nitrogen and oxygen atoms in total. The quantitative estimate of drug-likeness (QED) is 0.816. The van der Waals surface area contributed by atoms with Gasteiger partial charge in [0.2, 0.25) is 0 Å². The van der Waals surface area contributed by atoms with E-state index in [1.165, 1.54) is 43.9 Å². The van der Waals surface area contributed by atoms with Crippen LogP contribution in [0.1, 0.15) is 48.9 Å². The van der Waals surface area contributed by atoms with Crippen molar-refractivity contribution in [2.24, 2.45) is 5.92 Å². The molecule has 0 bridgehead atoms. The molecule has 3 rings (SSSR count). The zero-order valence-corrected chi connectivity index (χ0v) is 11.6. The number of amides is 1. The van der Waals surface area contributed by atoms with Crippen LogP contribution in [-0.2, 0) is 0 Å². The molecule has 1 aromatic rings. The summed E-state index contributed by atoms with van der Waals surface area (Å²) in [5, 5.41) is 19.4. The van der Waals surface area contributed by atoms with E-state index in [4.69, 9.17) is 0 Å². The number of likely N-dealkylation sites (tertiary alicyclic amines) is 1. The molecule has 1 saturated carbocycles. The van der Waals surface area contributed by atoms with Gasteiger partial charge in [-0.1, -0.05) is 12.8 Å². The van der Waals surface area contributed by atoms with Crippen molar-refractivity contribution in [3.63, 3.8) is 0 Å². The number of benzene rings is 1. The van der Waals surface area contributed by atoms with Gasteiger partial charge >= 0.3 is 0 Å². The lowest BCUT2D eigenvalue weighted by Crippen LogP contribution is -2.39. The third-order valence-electron chi connectivity index (χ3n) is 4.71. The van der Waals surface area contributed by atoms with Gasteiger partial charge in [0, 0.05) is 12.6 Å². The lowest BCUT2D eigenvalue weighted by Gasteiger charge is -2.29. The van der Waals surface area contributed by atoms with E-state index < -0.39 is 0 Å². The highest BCUT2D eigenvalue weighted by Crippen LogP contribution is 2.37. The molecule has 1 heterocycles. The summed E-state index contributed by atoms with van der Waals surface area (Å²) >= 11 is 0. The van der Waals surface area contributed by atoms with Gasteiger partial charge in [-0.2, -0.15) is 0 Å². The van der Waals surface area contributed by atoms with Crippen molar-refractivity contribution in [3.8, 4) is 11.5 Å². The summed E-state index contributed by atoms with van der Waals surface area (Å²) in [6.45, 7) is 0.759. The minimum Gasteiger partial charge on any atom is -0.508 e. The van der Waals surface area contributed by atoms with Gasteiger partial charge in [-0.25, -0.2) is 0 Å². The summed E-state index contributed by atoms with van der Waals surface area (Å²) in [5.74, 6) is 0.432. The van der Waals surface area contributed by atoms with E-state index >= 15 is 0 Å². The largest absolute Gasteiger partial charge is 0.508 e. The van der Waals surface area contributed by atoms with Crippen LogP contribution in [0.3, 0.4) is 0 Å². The van der Waals surface area contributed by atoms with Crippen molar-refractivity contribution in [1.29, 1.82) is 0 Å². The smallest absolute Gasteiger partial charge is 0.258 e. The maximum absolute atomic E-state index is 12.6. The first kappa shape index (κ1) is 13.3. The Labute approximate surface area is 119 Å². The Kier molecular flexibility index (Phi) is 3.55. The summed E-state index contributed by atoms with van der Waals surface area (Å²) in [4.78, 5) is 14.5. The number of phenolic OH excluding ortho intramolecular Hbond substituents is 2. The Hall–Kier alpha value is -1.71. The van der Waals surface area contributed by atoms with Gasteiger partial charge in [-0.15, -0.1) is 0 Å². The number of carbonyl (C=O) groups is 1. The highest BCUT2D eigenvalue weighted by atomic mass is 16.3. The molecular weight excluding hydrogens is 254 g/mol. The third kappa shape index (κ3) is 2.35. The lowest BCUT2D eigenvalue weighted by molar-refractivity contribution is 0.0685. The first-order valence-electron chi connectivity index (χ1n) is 7.50. The van der Waals surface area contributed by atoms with Crippen LogP contribution in [0, 0.1) is 5.92 Å². The fraction of sp³-hybridized carbons (Fsp3) is 0.562. The van der Waals surface area contributed by atoms with Crippen LogP contribution in [0.15, 0.2) is 18.2 Å². The average molecular weight is 275 g/mol. The Morgan fingerprint density at radius 1 is 1.10 bits per heavy atom. The molecule has 0 aromatic heterocycles. The van der Waals surface area contributed by atoms with Crippen LogP contribution in [0.25, 0.3) is 0 Å². The van der Waals surface area contributed by atoms with Crippen LogP contribution < -0.4 is 0 Å². The molecule has 2 aliphatic rings. The van der Waals surface area contributed by atoms with Crippen LogP contribution in [-0.4, -0.2) is 33.6 Å². The molecule has 1 amide bonds. The predicted molar refractivity (Wildman–Crippen MR) is 75.8 cm³/mol. The summed E-state index contributed by atoms with van der Waals surface area (Å²) in [6, 6.07) is 4.45. The molecule has 1 unspecified atom stereocenters. The maximum Gasteiger partial charge on any atom is 0.258 e. The number of carbonyl (C=O) groups excluding carboxylic acids is 1. The fourth-order valence-corrected chi connectivity index (χ4v) is 3.73. The zero-order valence-electron chi connectivity index (χ0n) is 11.6. The highest BCUT2D eigenvalue weighted by molar-refractivity contribution is 5.97. The van der Waals surface area contributed by atoms with E-state index in [9.17, 15) is 15.0 Å². The predicted octanol–water partition coefficient (Wildman–Crippen LogP) is 2.89. The van der Waals surface area contributed by atoms with Gasteiger partial charge in [-0.05, 0) is 49.8 Å². The molecule has 0 radical (unpaired) electrons. The standard InChI is InChI=1S/C16H21NO3/c18-12-7-8-15(19)13(10-12)16(20)17-9-3-6-14(17)11-4-1-2-5-11/h7-8,10-11,14,18-19H,1-6,9H2. The first-order valence-corrected chi connectivity index (χ1v) is 7.50. The number of hydrogen-bond acceptors (Lipinski definition) is 3. The summed E-state index contributed by atoms with van der Waals surface area (Å²) < 4.78 is 0. The molecule has 1 atom stereocenters. The Morgan fingerprint density at radius 3 is 2.60 bits per heavy atom. The molecule has 1 saturated heterocycles. The van der Waals surface area contributed by atoms with Gasteiger partial charge in [0.15, 0.2) is 0 Å². The normalized spacial score (nSPS) is 23.4. The minimum atomic E-state index is -0.146. The van der Waals surface area contributed by atoms with Crippen LogP contribution in [0.2, 0.25) is 0 Å². The second kappa shape index (κ2) is 5.35. The third-order valence-corrected chi connectivity index (χ3v) is 4.71. The van der Waals surface area contributed by atoms with Crippen molar-refractivity contribution < 1.29 is 15.0 Å². The molecule has 4 heteroatoms. The van der Waals surface area contributed by atoms with Gasteiger partial charge in [0.25, 0.3) is 5.91 Å². The summed E-state index contributed by atoms with van der Waals surface area (Å²) in [5.41, 5.74) is 0.217. The van der Waals surface area contributed by atoms with Crippen molar-refractivity contribution in [1.82, 2.24) is 4.90 Å². The monoisotopic (exact) mass is 275 g/mol. The topological polar surface area (TPSA) is 60.8 Å². The van der Waals surface area contributed by atoms with Crippen molar-refractivity contribution in [2.45, 2.75) is 44.6 Å². The van der Waals surface area contributed by atoms with Gasteiger partial charge in [0.1, 0.15) is 11.5 Å². The van der Waals surface area contributed by atoms with E-state index in [0.29, 0.717) is 12.0 Å². The SMILES string of the molecule is O=C(c1cc(O)ccc1O)N1CCCC1C1CCCC1. The maximum atomic E-state index is 12.6. The van der Waals surface area contributed by atoms with Gasteiger partial charge in [0.05, 0.1) is 5.56 Å². The van der Waals surface area contributed by atoms with Crippen LogP contribution >= 0.6 is 0 Å². The molecule has 108 valence electrons. The number of aromatic hydroxyl groups is 2. The van der Waals surface area contributed by atoms with Gasteiger partial charge < -0.3 is 15.1 Å². The second-order valence-corrected chi connectivity index (χ2v) is 5.95. The summed E-state index contributed by atoms with van der Waals surface area (Å²) in [7, 11) is 0. The number of phenols is 2. The van der Waals surface area contributed by atoms with Crippen LogP contribution in [0.4, 0.5) is 0 Å². The minimum absolute atomic E-state index is 0.0164. The average Bonchev–Trinajstić information content (AvgIpc) is 3.10. The van der Waals surface area contributed by atoms with Crippen molar-refractivity contribution >= 4 is 5.91 Å². The Morgan fingerprint density at radius 2 is 1.85 bits per heavy atom. The van der Waals surface area contributed by atoms with E-state index in [1.807, 2.05) is 4.90 Å². The van der Waals surface area contributed by atoms with E-state index in [-0.39, 0.29) is 23.0 Å². The van der Waals surface area contributed by atoms with E-state index in [0.717, 1.165) is 19.4 Å². The number of rotatable bonds is 2. The molecule has 20 heavy (non-hydrogen) atoms. The summed E-state index contributed by atoms with van der Waals surface area (Å²) in [6.07, 6.45) is 7.05. The molecule has 0 spiro atoms.